The highest BCUT2D eigenvalue weighted by Crippen LogP contribution is 2.23. The monoisotopic (exact) mass is 432 g/mol. The number of nitrogens with one attached hydrogen (secondary N) is 2. The molecule has 0 aromatic heterocycles. The molecule has 0 radical (unpaired) electrons. The van der Waals surface area contributed by atoms with Gasteiger partial charge in [-0.25, -0.2) is 0 Å². The Morgan fingerprint density at radius 2 is 1.61 bits per heavy atom. The zero-order valence-electron chi connectivity index (χ0n) is 16.8. The van der Waals surface area contributed by atoms with Crippen LogP contribution in [0.3, 0.4) is 0 Å². The van der Waals surface area contributed by atoms with Crippen molar-refractivity contribution in [1.29, 1.82) is 0 Å². The minimum atomic E-state index is -4.54. The van der Waals surface area contributed by atoms with Crippen LogP contribution >= 0.6 is 0 Å². The number of fused-ring (bicyclic) bond motifs is 1. The van der Waals surface area contributed by atoms with Crippen LogP contribution in [0.1, 0.15) is 57.5 Å². The number of anilines is 1. The number of aryl methyl sites for hydroxylation is 2. The third-order valence-corrected chi connectivity index (χ3v) is 5.14. The molecule has 1 aliphatic rings. The molecule has 0 saturated carbocycles. The van der Waals surface area contributed by atoms with Crippen molar-refractivity contribution in [3.05, 3.63) is 64.7 Å². The van der Waals surface area contributed by atoms with Crippen LogP contribution in [0.25, 0.3) is 0 Å². The third-order valence-electron chi connectivity index (χ3n) is 5.14. The van der Waals surface area contributed by atoms with Gasteiger partial charge in [0.05, 0.1) is 11.3 Å². The molecule has 0 fully saturated rings. The summed E-state index contributed by atoms with van der Waals surface area (Å²) in [5.74, 6) is -1.60. The van der Waals surface area contributed by atoms with E-state index in [-0.39, 0.29) is 29.9 Å². The zero-order chi connectivity index (χ0) is 22.4. The Labute approximate surface area is 178 Å². The molecule has 0 aliphatic heterocycles. The van der Waals surface area contributed by atoms with Gasteiger partial charge in [-0.05, 0) is 55.0 Å². The molecule has 0 bridgehead atoms. The number of halogens is 3. The van der Waals surface area contributed by atoms with Gasteiger partial charge in [0, 0.05) is 18.4 Å². The Bertz CT molecular complexity index is 986. The van der Waals surface area contributed by atoms with Crippen molar-refractivity contribution in [3.8, 4) is 0 Å². The summed E-state index contributed by atoms with van der Waals surface area (Å²) >= 11 is 0. The summed E-state index contributed by atoms with van der Waals surface area (Å²) in [6.45, 7) is -1.47. The van der Waals surface area contributed by atoms with Crippen LogP contribution in [-0.4, -0.2) is 30.3 Å². The molecule has 3 rings (SSSR count). The van der Waals surface area contributed by atoms with Crippen molar-refractivity contribution < 1.29 is 27.6 Å². The van der Waals surface area contributed by atoms with Gasteiger partial charge < -0.3 is 10.6 Å². The number of ketones is 1. The van der Waals surface area contributed by atoms with Crippen molar-refractivity contribution >= 4 is 23.3 Å². The SMILES string of the molecule is O=C(CCC(=O)c1ccc2c(c1)CCCC2)Nc1ccccc1C(=O)NCC(F)(F)F. The van der Waals surface area contributed by atoms with E-state index >= 15 is 0 Å². The number of amides is 2. The lowest BCUT2D eigenvalue weighted by Gasteiger charge is -2.16. The summed E-state index contributed by atoms with van der Waals surface area (Å²) in [6.07, 6.45) is -0.433. The molecule has 0 atom stereocenters. The first-order chi connectivity index (χ1) is 14.7. The fraction of sp³-hybridized carbons (Fsp3) is 0.348. The minimum absolute atomic E-state index is 0.00689. The highest BCUT2D eigenvalue weighted by Gasteiger charge is 2.28. The smallest absolute Gasteiger partial charge is 0.343 e. The van der Waals surface area contributed by atoms with Crippen LogP contribution in [0.5, 0.6) is 0 Å². The molecule has 2 amide bonds. The molecular weight excluding hydrogens is 409 g/mol. The summed E-state index contributed by atoms with van der Waals surface area (Å²) in [4.78, 5) is 36.8. The van der Waals surface area contributed by atoms with Crippen molar-refractivity contribution in [3.63, 3.8) is 0 Å². The number of hydrogen-bond acceptors (Lipinski definition) is 3. The number of carbonyl (C=O) groups is 3. The lowest BCUT2D eigenvalue weighted by Crippen LogP contribution is -2.34. The summed E-state index contributed by atoms with van der Waals surface area (Å²) in [5.41, 5.74) is 3.02. The summed E-state index contributed by atoms with van der Waals surface area (Å²) < 4.78 is 37.0. The standard InChI is InChI=1S/C23H23F3N2O3/c24-23(25,26)14-27-22(31)18-7-3-4-8-19(18)28-21(30)12-11-20(29)17-10-9-15-5-1-2-6-16(15)13-17/h3-4,7-10,13H,1-2,5-6,11-12,14H2,(H,27,31)(H,28,30). The minimum Gasteiger partial charge on any atom is -0.343 e. The number of alkyl halides is 3. The van der Waals surface area contributed by atoms with E-state index in [2.05, 4.69) is 5.32 Å². The Hall–Kier alpha value is -3.16. The molecule has 2 aromatic rings. The van der Waals surface area contributed by atoms with Crippen LogP contribution in [0.15, 0.2) is 42.5 Å². The first kappa shape index (κ1) is 22.5. The van der Waals surface area contributed by atoms with E-state index in [1.165, 1.54) is 29.3 Å². The van der Waals surface area contributed by atoms with Gasteiger partial charge in [-0.2, -0.15) is 13.2 Å². The summed E-state index contributed by atoms with van der Waals surface area (Å²) in [5, 5.41) is 4.29. The van der Waals surface area contributed by atoms with Gasteiger partial charge in [0.2, 0.25) is 5.91 Å². The average Bonchev–Trinajstić information content (AvgIpc) is 2.75. The lowest BCUT2D eigenvalue weighted by atomic mass is 9.89. The molecule has 2 aromatic carbocycles. The predicted octanol–water partition coefficient (Wildman–Crippen LogP) is 4.46. The van der Waals surface area contributed by atoms with Crippen LogP contribution in [0.4, 0.5) is 18.9 Å². The fourth-order valence-electron chi connectivity index (χ4n) is 3.56. The van der Waals surface area contributed by atoms with E-state index in [1.54, 1.807) is 17.4 Å². The molecule has 2 N–H and O–H groups in total. The molecule has 0 spiro atoms. The molecule has 31 heavy (non-hydrogen) atoms. The average molecular weight is 432 g/mol. The lowest BCUT2D eigenvalue weighted by molar-refractivity contribution is -0.123. The Kier molecular flexibility index (Phi) is 7.09. The van der Waals surface area contributed by atoms with E-state index in [4.69, 9.17) is 0 Å². The van der Waals surface area contributed by atoms with Crippen LogP contribution in [0, 0.1) is 0 Å². The maximum atomic E-state index is 12.5. The van der Waals surface area contributed by atoms with E-state index in [1.807, 2.05) is 12.1 Å². The second-order valence-electron chi connectivity index (χ2n) is 7.51. The maximum Gasteiger partial charge on any atom is 0.405 e. The van der Waals surface area contributed by atoms with Gasteiger partial charge in [0.15, 0.2) is 5.78 Å². The third kappa shape index (κ3) is 6.41. The van der Waals surface area contributed by atoms with Crippen LogP contribution in [-0.2, 0) is 17.6 Å². The van der Waals surface area contributed by atoms with Crippen molar-refractivity contribution in [2.24, 2.45) is 0 Å². The zero-order valence-corrected chi connectivity index (χ0v) is 16.8. The topological polar surface area (TPSA) is 75.3 Å². The highest BCUT2D eigenvalue weighted by molar-refractivity contribution is 6.05. The van der Waals surface area contributed by atoms with Crippen molar-refractivity contribution in [2.75, 3.05) is 11.9 Å². The predicted molar refractivity (Wildman–Crippen MR) is 110 cm³/mol. The van der Waals surface area contributed by atoms with Gasteiger partial charge in [-0.1, -0.05) is 24.3 Å². The Morgan fingerprint density at radius 1 is 0.903 bits per heavy atom. The second-order valence-corrected chi connectivity index (χ2v) is 7.51. The number of carbonyl (C=O) groups excluding carboxylic acids is 3. The van der Waals surface area contributed by atoms with Gasteiger partial charge in [-0.3, -0.25) is 14.4 Å². The quantitative estimate of drug-likeness (QED) is 0.635. The first-order valence-corrected chi connectivity index (χ1v) is 10.1. The van der Waals surface area contributed by atoms with Gasteiger partial charge >= 0.3 is 6.18 Å². The molecule has 164 valence electrons. The van der Waals surface area contributed by atoms with Gasteiger partial charge in [0.1, 0.15) is 6.54 Å². The first-order valence-electron chi connectivity index (χ1n) is 10.1. The number of benzene rings is 2. The number of rotatable bonds is 7. The van der Waals surface area contributed by atoms with E-state index in [0.29, 0.717) is 5.56 Å². The van der Waals surface area contributed by atoms with E-state index in [0.717, 1.165) is 25.7 Å². The van der Waals surface area contributed by atoms with Gasteiger partial charge in [0.25, 0.3) is 5.91 Å². The second kappa shape index (κ2) is 9.76. The molecule has 5 nitrogen and oxygen atoms in total. The van der Waals surface area contributed by atoms with E-state index in [9.17, 15) is 27.6 Å². The molecule has 0 saturated heterocycles. The van der Waals surface area contributed by atoms with Crippen LogP contribution < -0.4 is 10.6 Å². The largest absolute Gasteiger partial charge is 0.405 e. The van der Waals surface area contributed by atoms with Crippen molar-refractivity contribution in [1.82, 2.24) is 5.32 Å². The molecule has 1 aliphatic carbocycles. The van der Waals surface area contributed by atoms with Gasteiger partial charge in [-0.15, -0.1) is 0 Å². The Balaban J connectivity index is 1.57. The molecule has 8 heteroatoms. The maximum absolute atomic E-state index is 12.5. The number of para-hydroxylation sites is 1. The summed E-state index contributed by atoms with van der Waals surface area (Å²) in [7, 11) is 0. The summed E-state index contributed by atoms with van der Waals surface area (Å²) in [6, 6.07) is 11.4. The molecular formula is C23H23F3N2O3. The molecule has 0 heterocycles. The number of Topliss-reactive ketones (excluding diaryl/α,β-unsaturated/α-hetero) is 1. The fourth-order valence-corrected chi connectivity index (χ4v) is 3.56. The normalized spacial score (nSPS) is 13.3. The number of hydrogen-bond donors (Lipinski definition) is 2. The molecule has 0 unspecified atom stereocenters. The van der Waals surface area contributed by atoms with Crippen molar-refractivity contribution in [2.45, 2.75) is 44.7 Å². The Morgan fingerprint density at radius 3 is 2.35 bits per heavy atom. The van der Waals surface area contributed by atoms with Crippen LogP contribution in [0.2, 0.25) is 0 Å². The van der Waals surface area contributed by atoms with E-state index < -0.39 is 24.5 Å². The highest BCUT2D eigenvalue weighted by atomic mass is 19.4.